The molecule has 11 heavy (non-hydrogen) atoms. The number of rotatable bonds is 3. The Morgan fingerprint density at radius 1 is 1.91 bits per heavy atom. The van der Waals surface area contributed by atoms with Gasteiger partial charge in [-0.3, -0.25) is 0 Å². The van der Waals surface area contributed by atoms with Gasteiger partial charge in [0.05, 0.1) is 13.7 Å². The van der Waals surface area contributed by atoms with Crippen LogP contribution in [-0.2, 0) is 6.54 Å². The van der Waals surface area contributed by atoms with Gasteiger partial charge in [-0.2, -0.15) is 0 Å². The normalized spacial score (nSPS) is 8.82. The van der Waals surface area contributed by atoms with E-state index >= 15 is 0 Å². The second-order valence-electron chi connectivity index (χ2n) is 1.72. The molecule has 1 rings (SSSR count). The van der Waals surface area contributed by atoms with Crippen LogP contribution in [0.1, 0.15) is 5.76 Å². The van der Waals surface area contributed by atoms with Crippen LogP contribution in [0.15, 0.2) is 15.7 Å². The zero-order chi connectivity index (χ0) is 8.10. The van der Waals surface area contributed by atoms with Crippen molar-refractivity contribution in [2.45, 2.75) is 6.54 Å². The van der Waals surface area contributed by atoms with Crippen molar-refractivity contribution in [3.8, 4) is 5.88 Å². The van der Waals surface area contributed by atoms with Crippen LogP contribution in [0, 0.1) is 0 Å². The number of ether oxygens (including phenoxy) is 1. The second kappa shape index (κ2) is 3.48. The lowest BCUT2D eigenvalue weighted by atomic mass is 10.5. The first-order valence-corrected chi connectivity index (χ1v) is 2.87. The highest BCUT2D eigenvalue weighted by atomic mass is 16.5. The summed E-state index contributed by atoms with van der Waals surface area (Å²) in [7, 11) is 1.48. The Kier molecular flexibility index (Phi) is 2.35. The molecule has 0 spiro atoms. The molecule has 6 nitrogen and oxygen atoms in total. The fourth-order valence-corrected chi connectivity index (χ4v) is 0.566. The summed E-state index contributed by atoms with van der Waals surface area (Å²) < 4.78 is 9.45. The lowest BCUT2D eigenvalue weighted by Crippen LogP contribution is -1.79. The molecule has 0 N–H and O–H groups in total. The van der Waals surface area contributed by atoms with E-state index in [0.29, 0.717) is 11.6 Å². The minimum Gasteiger partial charge on any atom is -0.479 e. The number of hydrogen-bond acceptors (Lipinski definition) is 4. The van der Waals surface area contributed by atoms with E-state index in [4.69, 9.17) is 14.8 Å². The Balaban J connectivity index is 2.64. The van der Waals surface area contributed by atoms with Gasteiger partial charge >= 0.3 is 0 Å². The predicted octanol–water partition coefficient (Wildman–Crippen LogP) is 1.49. The number of methoxy groups -OCH3 is 1. The van der Waals surface area contributed by atoms with Crippen molar-refractivity contribution in [1.82, 2.24) is 5.16 Å². The van der Waals surface area contributed by atoms with Crippen molar-refractivity contribution in [3.05, 3.63) is 22.3 Å². The van der Waals surface area contributed by atoms with Crippen LogP contribution in [0.3, 0.4) is 0 Å². The van der Waals surface area contributed by atoms with Crippen molar-refractivity contribution < 1.29 is 9.26 Å². The first kappa shape index (κ1) is 7.43. The Bertz CT molecular complexity index is 276. The van der Waals surface area contributed by atoms with E-state index in [1.165, 1.54) is 7.11 Å². The largest absolute Gasteiger partial charge is 0.479 e. The third-order valence-corrected chi connectivity index (χ3v) is 1.04. The van der Waals surface area contributed by atoms with Crippen molar-refractivity contribution in [1.29, 1.82) is 0 Å². The molecule has 1 aromatic rings. The first-order chi connectivity index (χ1) is 5.36. The molecule has 1 aromatic heterocycles. The smallest absolute Gasteiger partial charge is 0.254 e. The molecule has 0 aliphatic carbocycles. The number of aromatic nitrogens is 1. The molecule has 0 aromatic carbocycles. The Hall–Kier alpha value is -1.68. The molecule has 1 heterocycles. The maximum Gasteiger partial charge on any atom is 0.254 e. The third-order valence-electron chi connectivity index (χ3n) is 1.04. The average Bonchev–Trinajstić information content (AvgIpc) is 2.48. The summed E-state index contributed by atoms with van der Waals surface area (Å²) in [5, 5.41) is 6.79. The molecule has 0 fully saturated rings. The number of hydrogen-bond donors (Lipinski definition) is 0. The summed E-state index contributed by atoms with van der Waals surface area (Å²) in [5.74, 6) is 0.868. The van der Waals surface area contributed by atoms with Crippen LogP contribution in [0.4, 0.5) is 0 Å². The van der Waals surface area contributed by atoms with Gasteiger partial charge in [-0.1, -0.05) is 5.11 Å². The SMILES string of the molecule is COc1cc(CN=[N+]=[N-])on1. The van der Waals surface area contributed by atoms with E-state index in [9.17, 15) is 0 Å². The van der Waals surface area contributed by atoms with E-state index < -0.39 is 0 Å². The minimum atomic E-state index is 0.160. The molecule has 0 saturated carbocycles. The van der Waals surface area contributed by atoms with Gasteiger partial charge in [0.15, 0.2) is 0 Å². The highest BCUT2D eigenvalue weighted by Gasteiger charge is 2.00. The van der Waals surface area contributed by atoms with Gasteiger partial charge in [0, 0.05) is 11.0 Å². The quantitative estimate of drug-likeness (QED) is 0.375. The minimum absolute atomic E-state index is 0.160. The van der Waals surface area contributed by atoms with E-state index in [1.807, 2.05) is 0 Å². The zero-order valence-electron chi connectivity index (χ0n) is 5.89. The topological polar surface area (TPSA) is 84.0 Å². The molecule has 0 radical (unpaired) electrons. The average molecular weight is 154 g/mol. The van der Waals surface area contributed by atoms with Crippen LogP contribution in [0.5, 0.6) is 5.88 Å². The second-order valence-corrected chi connectivity index (χ2v) is 1.72. The molecule has 6 heteroatoms. The summed E-state index contributed by atoms with van der Waals surface area (Å²) in [6.45, 7) is 0.160. The maximum atomic E-state index is 7.96. The molecular formula is C5H6N4O2. The van der Waals surface area contributed by atoms with E-state index in [2.05, 4.69) is 15.2 Å². The van der Waals surface area contributed by atoms with Gasteiger partial charge in [0.2, 0.25) is 0 Å². The van der Waals surface area contributed by atoms with Crippen molar-refractivity contribution in [2.75, 3.05) is 7.11 Å². The summed E-state index contributed by atoms with van der Waals surface area (Å²) in [5.41, 5.74) is 7.96. The fourth-order valence-electron chi connectivity index (χ4n) is 0.566. The summed E-state index contributed by atoms with van der Waals surface area (Å²) in [6.07, 6.45) is 0. The van der Waals surface area contributed by atoms with Crippen LogP contribution >= 0.6 is 0 Å². The van der Waals surface area contributed by atoms with E-state index in [1.54, 1.807) is 6.07 Å². The van der Waals surface area contributed by atoms with Gasteiger partial charge in [-0.05, 0) is 10.7 Å². The molecule has 0 atom stereocenters. The first-order valence-electron chi connectivity index (χ1n) is 2.87. The summed E-state index contributed by atoms with van der Waals surface area (Å²) in [6, 6.07) is 1.56. The third kappa shape index (κ3) is 1.87. The van der Waals surface area contributed by atoms with E-state index in [-0.39, 0.29) is 6.54 Å². The van der Waals surface area contributed by atoms with Gasteiger partial charge in [-0.15, -0.1) is 0 Å². The molecule has 0 bridgehead atoms. The Labute approximate surface area is 62.4 Å². The highest BCUT2D eigenvalue weighted by Crippen LogP contribution is 2.10. The molecule has 58 valence electrons. The molecule has 0 unspecified atom stereocenters. The maximum absolute atomic E-state index is 7.96. The Morgan fingerprint density at radius 3 is 3.27 bits per heavy atom. The van der Waals surface area contributed by atoms with Crippen LogP contribution in [0.2, 0.25) is 0 Å². The Morgan fingerprint density at radius 2 is 2.73 bits per heavy atom. The monoisotopic (exact) mass is 154 g/mol. The molecule has 0 saturated heterocycles. The van der Waals surface area contributed by atoms with E-state index in [0.717, 1.165) is 0 Å². The molecule has 0 aliphatic rings. The van der Waals surface area contributed by atoms with Crippen LogP contribution in [-0.4, -0.2) is 12.3 Å². The number of azide groups is 1. The summed E-state index contributed by atoms with van der Waals surface area (Å²) >= 11 is 0. The van der Waals surface area contributed by atoms with Crippen LogP contribution in [0.25, 0.3) is 10.4 Å². The lowest BCUT2D eigenvalue weighted by molar-refractivity contribution is 0.327. The molecular weight excluding hydrogens is 148 g/mol. The molecule has 0 aliphatic heterocycles. The van der Waals surface area contributed by atoms with Crippen molar-refractivity contribution in [3.63, 3.8) is 0 Å². The standard InChI is InChI=1S/C5H6N4O2/c1-10-5-2-4(11-8-5)3-7-9-6/h2H,3H2,1H3. The van der Waals surface area contributed by atoms with Gasteiger partial charge in [-0.25, -0.2) is 0 Å². The van der Waals surface area contributed by atoms with Crippen LogP contribution < -0.4 is 4.74 Å². The number of nitrogens with zero attached hydrogens (tertiary/aromatic N) is 4. The van der Waals surface area contributed by atoms with Gasteiger partial charge < -0.3 is 9.26 Å². The van der Waals surface area contributed by atoms with Gasteiger partial charge in [0.25, 0.3) is 5.88 Å². The highest BCUT2D eigenvalue weighted by molar-refractivity contribution is 5.10. The molecule has 0 amide bonds. The lowest BCUT2D eigenvalue weighted by Gasteiger charge is -1.83. The predicted molar refractivity (Wildman–Crippen MR) is 35.9 cm³/mol. The zero-order valence-corrected chi connectivity index (χ0v) is 5.89. The van der Waals surface area contributed by atoms with Gasteiger partial charge in [0.1, 0.15) is 5.76 Å². The summed E-state index contributed by atoms with van der Waals surface area (Å²) in [4.78, 5) is 2.56. The van der Waals surface area contributed by atoms with Crippen molar-refractivity contribution in [2.24, 2.45) is 5.11 Å². The van der Waals surface area contributed by atoms with Crippen molar-refractivity contribution >= 4 is 0 Å². The fraction of sp³-hybridized carbons (Fsp3) is 0.400.